The van der Waals surface area contributed by atoms with Crippen molar-refractivity contribution in [3.63, 3.8) is 0 Å². The molecule has 0 aliphatic carbocycles. The average Bonchev–Trinajstić information content (AvgIpc) is 2.41. The number of aliphatic hydroxyl groups excluding tert-OH is 1. The maximum atomic E-state index is 12.3. The number of urea groups is 1. The van der Waals surface area contributed by atoms with E-state index in [2.05, 4.69) is 12.2 Å². The SMILES string of the molecule is Cc1ccc(NC(=O)N2CCCC(C)C2CO)cc1. The largest absolute Gasteiger partial charge is 0.394 e. The lowest BCUT2D eigenvalue weighted by atomic mass is 9.91. The van der Waals surface area contributed by atoms with Crippen LogP contribution in [0.5, 0.6) is 0 Å². The van der Waals surface area contributed by atoms with Crippen molar-refractivity contribution in [3.8, 4) is 0 Å². The van der Waals surface area contributed by atoms with Gasteiger partial charge in [-0.05, 0) is 37.8 Å². The maximum Gasteiger partial charge on any atom is 0.322 e. The zero-order valence-electron chi connectivity index (χ0n) is 11.6. The summed E-state index contributed by atoms with van der Waals surface area (Å²) in [4.78, 5) is 14.0. The van der Waals surface area contributed by atoms with E-state index in [-0.39, 0.29) is 18.7 Å². The molecule has 0 radical (unpaired) electrons. The standard InChI is InChI=1S/C15H22N2O2/c1-11-5-7-13(8-6-11)16-15(19)17-9-3-4-12(2)14(17)10-18/h5-8,12,14,18H,3-4,9-10H2,1-2H3,(H,16,19). The Hall–Kier alpha value is -1.55. The molecule has 2 rings (SSSR count). The van der Waals surface area contributed by atoms with Crippen molar-refractivity contribution in [2.45, 2.75) is 32.7 Å². The molecule has 1 aliphatic heterocycles. The van der Waals surface area contributed by atoms with Crippen molar-refractivity contribution in [1.29, 1.82) is 0 Å². The van der Waals surface area contributed by atoms with Gasteiger partial charge in [0.1, 0.15) is 0 Å². The number of nitrogens with one attached hydrogen (secondary N) is 1. The van der Waals surface area contributed by atoms with E-state index in [1.54, 1.807) is 4.90 Å². The molecule has 104 valence electrons. The second-order valence-corrected chi connectivity index (χ2v) is 5.36. The summed E-state index contributed by atoms with van der Waals surface area (Å²) in [7, 11) is 0. The second kappa shape index (κ2) is 6.06. The number of benzene rings is 1. The zero-order valence-corrected chi connectivity index (χ0v) is 11.6. The van der Waals surface area contributed by atoms with Gasteiger partial charge in [-0.1, -0.05) is 24.6 Å². The lowest BCUT2D eigenvalue weighted by Crippen LogP contribution is -2.51. The molecule has 2 unspecified atom stereocenters. The molecular weight excluding hydrogens is 240 g/mol. The molecular formula is C15H22N2O2. The molecule has 0 aromatic heterocycles. The quantitative estimate of drug-likeness (QED) is 0.861. The Bertz CT molecular complexity index is 430. The number of anilines is 1. The Morgan fingerprint density at radius 2 is 2.11 bits per heavy atom. The van der Waals surface area contributed by atoms with Crippen LogP contribution in [-0.4, -0.2) is 35.2 Å². The van der Waals surface area contributed by atoms with Gasteiger partial charge in [-0.25, -0.2) is 4.79 Å². The number of hydrogen-bond acceptors (Lipinski definition) is 2. The number of nitrogens with zero attached hydrogens (tertiary/aromatic N) is 1. The molecule has 1 saturated heterocycles. The van der Waals surface area contributed by atoms with Gasteiger partial charge in [0, 0.05) is 12.2 Å². The summed E-state index contributed by atoms with van der Waals surface area (Å²) in [6.07, 6.45) is 2.07. The summed E-state index contributed by atoms with van der Waals surface area (Å²) >= 11 is 0. The van der Waals surface area contributed by atoms with Crippen molar-refractivity contribution in [2.75, 3.05) is 18.5 Å². The summed E-state index contributed by atoms with van der Waals surface area (Å²) in [5.74, 6) is 0.350. The van der Waals surface area contributed by atoms with Gasteiger partial charge in [-0.3, -0.25) is 0 Å². The lowest BCUT2D eigenvalue weighted by Gasteiger charge is -2.38. The number of amides is 2. The molecule has 1 aromatic carbocycles. The summed E-state index contributed by atoms with van der Waals surface area (Å²) in [5.41, 5.74) is 1.96. The number of piperidine rings is 1. The molecule has 1 fully saturated rings. The summed E-state index contributed by atoms with van der Waals surface area (Å²) in [6.45, 7) is 4.85. The third-order valence-corrected chi connectivity index (χ3v) is 3.87. The van der Waals surface area contributed by atoms with Crippen LogP contribution >= 0.6 is 0 Å². The predicted octanol–water partition coefficient (Wildman–Crippen LogP) is 2.62. The highest BCUT2D eigenvalue weighted by Crippen LogP contribution is 2.23. The molecule has 2 N–H and O–H groups in total. The number of aliphatic hydroxyl groups is 1. The van der Waals surface area contributed by atoms with Gasteiger partial charge in [0.25, 0.3) is 0 Å². The molecule has 2 atom stereocenters. The van der Waals surface area contributed by atoms with E-state index in [9.17, 15) is 9.90 Å². The third kappa shape index (κ3) is 3.26. The number of carbonyl (C=O) groups excluding carboxylic acids is 1. The van der Waals surface area contributed by atoms with Crippen LogP contribution in [0.2, 0.25) is 0 Å². The average molecular weight is 262 g/mol. The molecule has 0 spiro atoms. The highest BCUT2D eigenvalue weighted by Gasteiger charge is 2.31. The van der Waals surface area contributed by atoms with E-state index in [4.69, 9.17) is 0 Å². The molecule has 1 aromatic rings. The zero-order chi connectivity index (χ0) is 13.8. The Morgan fingerprint density at radius 1 is 1.42 bits per heavy atom. The van der Waals surface area contributed by atoms with Crippen molar-refractivity contribution in [2.24, 2.45) is 5.92 Å². The lowest BCUT2D eigenvalue weighted by molar-refractivity contribution is 0.0811. The molecule has 19 heavy (non-hydrogen) atoms. The van der Waals surface area contributed by atoms with Gasteiger partial charge in [-0.15, -0.1) is 0 Å². The number of aryl methyl sites for hydroxylation is 1. The first-order valence-electron chi connectivity index (χ1n) is 6.87. The van der Waals surface area contributed by atoms with Crippen LogP contribution in [0.15, 0.2) is 24.3 Å². The summed E-state index contributed by atoms with van der Waals surface area (Å²) in [5, 5.41) is 12.4. The van der Waals surface area contributed by atoms with Crippen molar-refractivity contribution < 1.29 is 9.90 Å². The Balaban J connectivity index is 2.04. The molecule has 2 amide bonds. The monoisotopic (exact) mass is 262 g/mol. The molecule has 4 nitrogen and oxygen atoms in total. The van der Waals surface area contributed by atoms with Crippen molar-refractivity contribution >= 4 is 11.7 Å². The maximum absolute atomic E-state index is 12.3. The number of likely N-dealkylation sites (tertiary alicyclic amines) is 1. The van der Waals surface area contributed by atoms with Crippen molar-refractivity contribution in [3.05, 3.63) is 29.8 Å². The topological polar surface area (TPSA) is 52.6 Å². The first kappa shape index (κ1) is 13.9. The van der Waals surface area contributed by atoms with Crippen LogP contribution in [0.1, 0.15) is 25.3 Å². The first-order valence-corrected chi connectivity index (χ1v) is 6.87. The van der Waals surface area contributed by atoms with Crippen LogP contribution in [0.3, 0.4) is 0 Å². The van der Waals surface area contributed by atoms with Gasteiger partial charge in [0.15, 0.2) is 0 Å². The number of carbonyl (C=O) groups is 1. The molecule has 4 heteroatoms. The van der Waals surface area contributed by atoms with Crippen LogP contribution in [-0.2, 0) is 0 Å². The molecule has 0 bridgehead atoms. The summed E-state index contributed by atoms with van der Waals surface area (Å²) < 4.78 is 0. The molecule has 0 saturated carbocycles. The van der Waals surface area contributed by atoms with E-state index in [0.29, 0.717) is 12.5 Å². The minimum Gasteiger partial charge on any atom is -0.394 e. The van der Waals surface area contributed by atoms with E-state index in [1.807, 2.05) is 31.2 Å². The van der Waals surface area contributed by atoms with E-state index in [0.717, 1.165) is 24.1 Å². The Labute approximate surface area is 114 Å². The van der Waals surface area contributed by atoms with Gasteiger partial charge >= 0.3 is 6.03 Å². The van der Waals surface area contributed by atoms with Gasteiger partial charge < -0.3 is 15.3 Å². The minimum absolute atomic E-state index is 0.0302. The van der Waals surface area contributed by atoms with E-state index >= 15 is 0 Å². The van der Waals surface area contributed by atoms with Crippen LogP contribution in [0, 0.1) is 12.8 Å². The molecule has 1 heterocycles. The van der Waals surface area contributed by atoms with Crippen LogP contribution in [0.25, 0.3) is 0 Å². The van der Waals surface area contributed by atoms with Crippen molar-refractivity contribution in [1.82, 2.24) is 4.90 Å². The van der Waals surface area contributed by atoms with Gasteiger partial charge in [-0.2, -0.15) is 0 Å². The highest BCUT2D eigenvalue weighted by molar-refractivity contribution is 5.89. The van der Waals surface area contributed by atoms with Crippen LogP contribution in [0.4, 0.5) is 10.5 Å². The van der Waals surface area contributed by atoms with Crippen LogP contribution < -0.4 is 5.32 Å². The van der Waals surface area contributed by atoms with Gasteiger partial charge in [0.2, 0.25) is 0 Å². The fraction of sp³-hybridized carbons (Fsp3) is 0.533. The third-order valence-electron chi connectivity index (χ3n) is 3.87. The van der Waals surface area contributed by atoms with Gasteiger partial charge in [0.05, 0.1) is 12.6 Å². The van der Waals surface area contributed by atoms with E-state index in [1.165, 1.54) is 0 Å². The smallest absolute Gasteiger partial charge is 0.322 e. The highest BCUT2D eigenvalue weighted by atomic mass is 16.3. The fourth-order valence-corrected chi connectivity index (χ4v) is 2.61. The number of rotatable bonds is 2. The molecule has 1 aliphatic rings. The number of hydrogen-bond donors (Lipinski definition) is 2. The normalized spacial score (nSPS) is 23.2. The predicted molar refractivity (Wildman–Crippen MR) is 76.2 cm³/mol. The summed E-state index contributed by atoms with van der Waals surface area (Å²) in [6, 6.07) is 7.55. The Morgan fingerprint density at radius 3 is 2.74 bits per heavy atom. The fourth-order valence-electron chi connectivity index (χ4n) is 2.61. The second-order valence-electron chi connectivity index (χ2n) is 5.36. The Kier molecular flexibility index (Phi) is 4.43. The first-order chi connectivity index (χ1) is 9.11. The minimum atomic E-state index is -0.116. The van der Waals surface area contributed by atoms with E-state index < -0.39 is 0 Å².